The molecule has 0 fully saturated rings. The van der Waals surface area contributed by atoms with E-state index in [2.05, 4.69) is 4.99 Å². The predicted molar refractivity (Wildman–Crippen MR) is 132 cm³/mol. The molecule has 0 spiro atoms. The summed E-state index contributed by atoms with van der Waals surface area (Å²) in [6, 6.07) is 12.3. The van der Waals surface area contributed by atoms with Gasteiger partial charge in [-0.05, 0) is 50.6 Å². The molecule has 0 N–H and O–H groups in total. The van der Waals surface area contributed by atoms with Crippen LogP contribution in [-0.2, 0) is 4.79 Å². The smallest absolute Gasteiger partial charge is 0.271 e. The zero-order valence-electron chi connectivity index (χ0n) is 19.7. The second-order valence-electron chi connectivity index (χ2n) is 7.72. The molecule has 8 heteroatoms. The molecule has 3 aromatic rings. The van der Waals surface area contributed by atoms with Gasteiger partial charge in [0.2, 0.25) is 0 Å². The number of methoxy groups -OCH3 is 2. The van der Waals surface area contributed by atoms with E-state index in [1.807, 2.05) is 49.4 Å². The summed E-state index contributed by atoms with van der Waals surface area (Å²) in [7, 11) is 3.15. The first kappa shape index (κ1) is 23.5. The number of carbonyl (C=O) groups is 1. The molecular weight excluding hydrogens is 452 g/mol. The number of nitrogens with zero attached hydrogens (tertiary/aromatic N) is 2. The average Bonchev–Trinajstić information content (AvgIpc) is 3.13. The van der Waals surface area contributed by atoms with Crippen LogP contribution < -0.4 is 29.1 Å². The van der Waals surface area contributed by atoms with Gasteiger partial charge in [0.15, 0.2) is 22.1 Å². The van der Waals surface area contributed by atoms with Crippen LogP contribution in [0.15, 0.2) is 63.5 Å². The van der Waals surface area contributed by atoms with Gasteiger partial charge >= 0.3 is 0 Å². The van der Waals surface area contributed by atoms with Crippen molar-refractivity contribution in [3.63, 3.8) is 0 Å². The van der Waals surface area contributed by atoms with Crippen LogP contribution in [0.3, 0.4) is 0 Å². The topological polar surface area (TPSA) is 79.1 Å². The summed E-state index contributed by atoms with van der Waals surface area (Å²) in [6.07, 6.45) is 1.80. The Hall–Kier alpha value is -3.65. The van der Waals surface area contributed by atoms with Crippen LogP contribution in [0.25, 0.3) is 6.08 Å². The van der Waals surface area contributed by atoms with Gasteiger partial charge in [-0.3, -0.25) is 14.2 Å². The van der Waals surface area contributed by atoms with Crippen molar-refractivity contribution in [1.82, 2.24) is 4.57 Å². The van der Waals surface area contributed by atoms with E-state index < -0.39 is 6.04 Å². The minimum atomic E-state index is -0.623. The number of fused-ring (bicyclic) bond motifs is 1. The largest absolute Gasteiger partial charge is 0.496 e. The van der Waals surface area contributed by atoms with Crippen LogP contribution in [0.1, 0.15) is 37.9 Å². The molecule has 2 heterocycles. The number of rotatable bonds is 7. The van der Waals surface area contributed by atoms with Crippen LogP contribution in [0.4, 0.5) is 0 Å². The molecule has 1 aliphatic rings. The Morgan fingerprint density at radius 1 is 1.12 bits per heavy atom. The summed E-state index contributed by atoms with van der Waals surface area (Å²) in [4.78, 5) is 31.5. The van der Waals surface area contributed by atoms with Crippen LogP contribution in [0.5, 0.6) is 17.2 Å². The first-order valence-corrected chi connectivity index (χ1v) is 11.7. The van der Waals surface area contributed by atoms with Gasteiger partial charge in [0, 0.05) is 16.8 Å². The molecule has 0 unspecified atom stereocenters. The minimum Gasteiger partial charge on any atom is -0.496 e. The number of carbonyl (C=O) groups excluding carboxylic acids is 1. The van der Waals surface area contributed by atoms with Crippen molar-refractivity contribution in [2.75, 3.05) is 20.8 Å². The molecule has 34 heavy (non-hydrogen) atoms. The summed E-state index contributed by atoms with van der Waals surface area (Å²) in [6.45, 7) is 5.73. The van der Waals surface area contributed by atoms with E-state index in [4.69, 9.17) is 14.2 Å². The lowest BCUT2D eigenvalue weighted by Crippen LogP contribution is -2.39. The summed E-state index contributed by atoms with van der Waals surface area (Å²) < 4.78 is 18.7. The maximum absolute atomic E-state index is 13.7. The van der Waals surface area contributed by atoms with E-state index in [0.717, 1.165) is 11.1 Å². The molecule has 0 amide bonds. The lowest BCUT2D eigenvalue weighted by atomic mass is 9.93. The number of para-hydroxylation sites is 1. The monoisotopic (exact) mass is 478 g/mol. The molecule has 7 nitrogen and oxygen atoms in total. The Kier molecular flexibility index (Phi) is 6.70. The second-order valence-corrected chi connectivity index (χ2v) is 8.73. The summed E-state index contributed by atoms with van der Waals surface area (Å²) in [5.74, 6) is 1.70. The van der Waals surface area contributed by atoms with E-state index in [9.17, 15) is 9.59 Å². The Labute approximate surface area is 201 Å². The normalized spacial score (nSPS) is 15.6. The molecule has 1 aliphatic heterocycles. The number of ketones is 1. The van der Waals surface area contributed by atoms with Crippen LogP contribution in [0.2, 0.25) is 0 Å². The van der Waals surface area contributed by atoms with E-state index in [-0.39, 0.29) is 11.3 Å². The number of hydrogen-bond donors (Lipinski definition) is 0. The predicted octanol–water partition coefficient (Wildman–Crippen LogP) is 3.24. The van der Waals surface area contributed by atoms with Gasteiger partial charge in [0.25, 0.3) is 5.56 Å². The van der Waals surface area contributed by atoms with Crippen molar-refractivity contribution in [2.24, 2.45) is 4.99 Å². The number of thiazole rings is 1. The molecule has 1 atom stereocenters. The Morgan fingerprint density at radius 2 is 1.85 bits per heavy atom. The van der Waals surface area contributed by atoms with Gasteiger partial charge in [0.1, 0.15) is 5.75 Å². The van der Waals surface area contributed by atoms with Crippen molar-refractivity contribution < 1.29 is 19.0 Å². The van der Waals surface area contributed by atoms with Gasteiger partial charge in [-0.1, -0.05) is 35.6 Å². The Bertz CT molecular complexity index is 1470. The molecule has 0 bridgehead atoms. The standard InChI is InChI=1S/C26H26N2O5S/c1-6-33-20-12-11-17(13-21(20)32-5)14-22-25(30)28-24(18-9-7-8-10-19(18)31-4)23(16(3)29)15(2)27-26(28)34-22/h7-14,24H,6H2,1-5H3/t24-/m1/s1. The fourth-order valence-electron chi connectivity index (χ4n) is 4.16. The maximum Gasteiger partial charge on any atom is 0.271 e. The van der Waals surface area contributed by atoms with Crippen molar-refractivity contribution in [3.8, 4) is 17.2 Å². The van der Waals surface area contributed by atoms with Crippen molar-refractivity contribution in [1.29, 1.82) is 0 Å². The molecule has 0 saturated heterocycles. The number of Topliss-reactive ketones (excluding diaryl/α,β-unsaturated/α-hetero) is 1. The van der Waals surface area contributed by atoms with E-state index in [0.29, 0.717) is 44.5 Å². The zero-order chi connectivity index (χ0) is 24.4. The number of ether oxygens (including phenoxy) is 3. The zero-order valence-corrected chi connectivity index (χ0v) is 20.6. The molecule has 0 saturated carbocycles. The highest BCUT2D eigenvalue weighted by Crippen LogP contribution is 2.35. The summed E-state index contributed by atoms with van der Waals surface area (Å²) >= 11 is 1.28. The highest BCUT2D eigenvalue weighted by molar-refractivity contribution is 7.07. The van der Waals surface area contributed by atoms with Gasteiger partial charge in [-0.15, -0.1) is 0 Å². The average molecular weight is 479 g/mol. The number of benzene rings is 2. The van der Waals surface area contributed by atoms with Gasteiger partial charge in [-0.25, -0.2) is 4.99 Å². The van der Waals surface area contributed by atoms with Crippen molar-refractivity contribution >= 4 is 23.2 Å². The quantitative estimate of drug-likeness (QED) is 0.521. The second kappa shape index (κ2) is 9.69. The minimum absolute atomic E-state index is 0.136. The highest BCUT2D eigenvalue weighted by atomic mass is 32.1. The molecule has 4 rings (SSSR count). The lowest BCUT2D eigenvalue weighted by molar-refractivity contribution is -0.114. The number of allylic oxidation sites excluding steroid dienone is 2. The van der Waals surface area contributed by atoms with Crippen LogP contribution in [-0.4, -0.2) is 31.2 Å². The van der Waals surface area contributed by atoms with Crippen LogP contribution in [0, 0.1) is 0 Å². The fourth-order valence-corrected chi connectivity index (χ4v) is 5.20. The lowest BCUT2D eigenvalue weighted by Gasteiger charge is -2.25. The number of hydrogen-bond acceptors (Lipinski definition) is 7. The molecule has 0 radical (unpaired) electrons. The molecule has 0 aliphatic carbocycles. The summed E-state index contributed by atoms with van der Waals surface area (Å²) in [5, 5.41) is 0. The SMILES string of the molecule is CCOc1ccc(C=c2sc3n(c2=O)[C@H](c2ccccc2OC)C(C(C)=O)=C(C)N=3)cc1OC. The third-order valence-electron chi connectivity index (χ3n) is 5.62. The first-order valence-electron chi connectivity index (χ1n) is 10.9. The van der Waals surface area contributed by atoms with Gasteiger partial charge in [0.05, 0.1) is 31.4 Å². The van der Waals surface area contributed by atoms with Crippen molar-refractivity contribution in [3.05, 3.63) is 84.5 Å². The van der Waals surface area contributed by atoms with E-state index >= 15 is 0 Å². The van der Waals surface area contributed by atoms with E-state index in [1.54, 1.807) is 31.8 Å². The molecule has 2 aromatic carbocycles. The third kappa shape index (κ3) is 4.17. The maximum atomic E-state index is 13.7. The van der Waals surface area contributed by atoms with Gasteiger partial charge < -0.3 is 14.2 Å². The Morgan fingerprint density at radius 3 is 2.53 bits per heavy atom. The first-order chi connectivity index (χ1) is 16.4. The molecule has 176 valence electrons. The summed E-state index contributed by atoms with van der Waals surface area (Å²) in [5.41, 5.74) is 2.38. The van der Waals surface area contributed by atoms with E-state index in [1.165, 1.54) is 18.3 Å². The fraction of sp³-hybridized carbons (Fsp3) is 0.269. The molecule has 1 aromatic heterocycles. The number of aromatic nitrogens is 1. The highest BCUT2D eigenvalue weighted by Gasteiger charge is 2.32. The Balaban J connectivity index is 1.93. The van der Waals surface area contributed by atoms with Crippen LogP contribution >= 0.6 is 11.3 Å². The van der Waals surface area contributed by atoms with Gasteiger partial charge in [-0.2, -0.15) is 0 Å². The molecular formula is C26H26N2O5S. The third-order valence-corrected chi connectivity index (χ3v) is 6.60. The van der Waals surface area contributed by atoms with Crippen molar-refractivity contribution in [2.45, 2.75) is 26.8 Å².